The molecular formula is C30H27N9O. The summed E-state index contributed by atoms with van der Waals surface area (Å²) in [5.74, 6) is 1.23. The van der Waals surface area contributed by atoms with E-state index in [-0.39, 0.29) is 5.91 Å². The van der Waals surface area contributed by atoms with Crippen LogP contribution < -0.4 is 10.2 Å². The number of hydrogen-bond acceptors (Lipinski definition) is 7. The highest BCUT2D eigenvalue weighted by atomic mass is 16.2. The third-order valence-corrected chi connectivity index (χ3v) is 7.34. The van der Waals surface area contributed by atoms with Crippen molar-refractivity contribution in [2.45, 2.75) is 6.92 Å². The first-order chi connectivity index (χ1) is 19.6. The second-order valence-electron chi connectivity index (χ2n) is 9.84. The number of fused-ring (bicyclic) bond motifs is 2. The van der Waals surface area contributed by atoms with Crippen LogP contribution in [-0.4, -0.2) is 66.3 Å². The molecule has 10 heteroatoms. The molecule has 2 N–H and O–H groups in total. The number of para-hydroxylation sites is 1. The van der Waals surface area contributed by atoms with Gasteiger partial charge in [0.1, 0.15) is 11.5 Å². The topological polar surface area (TPSA) is 107 Å². The number of hydrogen-bond donors (Lipinski definition) is 2. The average Bonchev–Trinajstić information content (AvgIpc) is 3.62. The zero-order chi connectivity index (χ0) is 27.1. The summed E-state index contributed by atoms with van der Waals surface area (Å²) in [4.78, 5) is 37.5. The number of piperazine rings is 1. The molecule has 40 heavy (non-hydrogen) atoms. The molecule has 5 aromatic heterocycles. The van der Waals surface area contributed by atoms with Gasteiger partial charge in [-0.05, 0) is 42.5 Å². The summed E-state index contributed by atoms with van der Waals surface area (Å²) in [7, 11) is 0. The van der Waals surface area contributed by atoms with Crippen LogP contribution in [-0.2, 0) is 4.79 Å². The van der Waals surface area contributed by atoms with Gasteiger partial charge in [0.15, 0.2) is 0 Å². The quantitative estimate of drug-likeness (QED) is 0.332. The lowest BCUT2D eigenvalue weighted by molar-refractivity contribution is -0.129. The molecule has 1 saturated heterocycles. The number of aromatic nitrogens is 6. The smallest absolute Gasteiger partial charge is 0.228 e. The van der Waals surface area contributed by atoms with Crippen LogP contribution in [0.5, 0.6) is 0 Å². The number of carbonyl (C=O) groups is 1. The van der Waals surface area contributed by atoms with Crippen molar-refractivity contribution in [1.29, 1.82) is 0 Å². The maximum atomic E-state index is 11.6. The number of carbonyl (C=O) groups excluding carboxylic acids is 1. The van der Waals surface area contributed by atoms with E-state index < -0.39 is 0 Å². The van der Waals surface area contributed by atoms with Gasteiger partial charge in [0.05, 0.1) is 29.5 Å². The highest BCUT2D eigenvalue weighted by Crippen LogP contribution is 2.27. The van der Waals surface area contributed by atoms with Crippen LogP contribution in [0.1, 0.15) is 6.92 Å². The summed E-state index contributed by atoms with van der Waals surface area (Å²) in [6.07, 6.45) is 7.48. The minimum atomic E-state index is 0.123. The largest absolute Gasteiger partial charge is 0.367 e. The Morgan fingerprint density at radius 1 is 0.925 bits per heavy atom. The first-order valence-electron chi connectivity index (χ1n) is 13.2. The number of pyridine rings is 2. The molecule has 0 unspecified atom stereocenters. The summed E-state index contributed by atoms with van der Waals surface area (Å²) in [6.45, 7) is 4.65. The number of aromatic amines is 1. The van der Waals surface area contributed by atoms with Crippen LogP contribution in [0.4, 0.5) is 17.5 Å². The van der Waals surface area contributed by atoms with E-state index in [1.807, 2.05) is 58.1 Å². The van der Waals surface area contributed by atoms with Gasteiger partial charge in [0, 0.05) is 67.7 Å². The second kappa shape index (κ2) is 9.81. The van der Waals surface area contributed by atoms with Gasteiger partial charge in [0.2, 0.25) is 11.9 Å². The molecule has 0 saturated carbocycles. The van der Waals surface area contributed by atoms with E-state index in [2.05, 4.69) is 60.6 Å². The molecule has 1 aliphatic rings. The number of benzene rings is 1. The number of nitrogens with zero attached hydrogens (tertiary/aromatic N) is 7. The van der Waals surface area contributed by atoms with Crippen LogP contribution in [0.3, 0.4) is 0 Å². The van der Waals surface area contributed by atoms with Crippen LogP contribution in [0, 0.1) is 0 Å². The monoisotopic (exact) mass is 529 g/mol. The lowest BCUT2D eigenvalue weighted by Crippen LogP contribution is -2.48. The van der Waals surface area contributed by atoms with Crippen LogP contribution in [0.25, 0.3) is 39.2 Å². The molecule has 0 spiro atoms. The van der Waals surface area contributed by atoms with E-state index in [1.54, 1.807) is 13.1 Å². The lowest BCUT2D eigenvalue weighted by atomic mass is 10.2. The summed E-state index contributed by atoms with van der Waals surface area (Å²) in [5.41, 5.74) is 6.69. The Bertz CT molecular complexity index is 1800. The number of H-pyrrole nitrogens is 1. The highest BCUT2D eigenvalue weighted by Gasteiger charge is 2.19. The van der Waals surface area contributed by atoms with Gasteiger partial charge in [-0.1, -0.05) is 18.2 Å². The van der Waals surface area contributed by atoms with Gasteiger partial charge in [-0.2, -0.15) is 0 Å². The maximum absolute atomic E-state index is 11.6. The molecule has 1 aliphatic heterocycles. The molecule has 10 nitrogen and oxygen atoms in total. The third-order valence-electron chi connectivity index (χ3n) is 7.34. The van der Waals surface area contributed by atoms with Crippen molar-refractivity contribution in [1.82, 2.24) is 34.2 Å². The molecule has 0 aliphatic carbocycles. The molecule has 1 amide bonds. The first-order valence-corrected chi connectivity index (χ1v) is 13.2. The number of amides is 1. The van der Waals surface area contributed by atoms with Crippen LogP contribution in [0.15, 0.2) is 85.5 Å². The van der Waals surface area contributed by atoms with Gasteiger partial charge < -0.3 is 20.1 Å². The fourth-order valence-electron chi connectivity index (χ4n) is 5.16. The normalized spacial score (nSPS) is 13.7. The minimum Gasteiger partial charge on any atom is -0.367 e. The highest BCUT2D eigenvalue weighted by molar-refractivity contribution is 5.86. The number of nitrogens with one attached hydrogen (secondary N) is 2. The van der Waals surface area contributed by atoms with Crippen molar-refractivity contribution in [3.8, 4) is 22.6 Å². The molecule has 6 aromatic rings. The van der Waals surface area contributed by atoms with E-state index in [1.165, 1.54) is 5.39 Å². The molecule has 1 aromatic carbocycles. The molecule has 0 atom stereocenters. The molecular weight excluding hydrogens is 502 g/mol. The number of anilines is 3. The van der Waals surface area contributed by atoms with E-state index >= 15 is 0 Å². The zero-order valence-electron chi connectivity index (χ0n) is 22.0. The average molecular weight is 530 g/mol. The Labute approximate surface area is 230 Å². The van der Waals surface area contributed by atoms with Crippen LogP contribution in [0.2, 0.25) is 0 Å². The fourth-order valence-corrected chi connectivity index (χ4v) is 5.16. The summed E-state index contributed by atoms with van der Waals surface area (Å²) < 4.78 is 2.05. The van der Waals surface area contributed by atoms with Crippen molar-refractivity contribution in [3.05, 3.63) is 85.5 Å². The number of rotatable bonds is 5. The molecule has 198 valence electrons. The molecule has 7 rings (SSSR count). The third kappa shape index (κ3) is 4.49. The van der Waals surface area contributed by atoms with Crippen molar-refractivity contribution >= 4 is 39.9 Å². The van der Waals surface area contributed by atoms with Crippen molar-refractivity contribution in [2.24, 2.45) is 0 Å². The van der Waals surface area contributed by atoms with Gasteiger partial charge in [-0.25, -0.2) is 19.9 Å². The van der Waals surface area contributed by atoms with Gasteiger partial charge in [-0.15, -0.1) is 0 Å². The van der Waals surface area contributed by atoms with E-state index in [4.69, 9.17) is 4.98 Å². The minimum absolute atomic E-state index is 0.123. The molecule has 1 fully saturated rings. The Morgan fingerprint density at radius 3 is 2.60 bits per heavy atom. The standard InChI is InChI=1S/C30H27N9O/c1-20(40)37-12-14-38(15-13-37)23-7-8-28(32-17-23)36-30-31-11-10-25(35-30)27-18-33-29-9-6-22(19-39(27)29)26-16-21-4-2-3-5-24(21)34-26/h2-11,16-19,34H,12-15H2,1H3,(H,31,32,35,36). The van der Waals surface area contributed by atoms with Gasteiger partial charge in [0.25, 0.3) is 0 Å². The molecule has 0 bridgehead atoms. The maximum Gasteiger partial charge on any atom is 0.228 e. The first kappa shape index (κ1) is 23.8. The molecule has 0 radical (unpaired) electrons. The van der Waals surface area contributed by atoms with E-state index in [0.29, 0.717) is 11.8 Å². The van der Waals surface area contributed by atoms with Gasteiger partial charge in [-0.3, -0.25) is 9.20 Å². The predicted octanol–water partition coefficient (Wildman–Crippen LogP) is 4.75. The van der Waals surface area contributed by atoms with E-state index in [9.17, 15) is 4.79 Å². The van der Waals surface area contributed by atoms with Crippen LogP contribution >= 0.6 is 0 Å². The summed E-state index contributed by atoms with van der Waals surface area (Å²) in [5, 5.41) is 4.39. The summed E-state index contributed by atoms with van der Waals surface area (Å²) in [6, 6.07) is 20.3. The lowest BCUT2D eigenvalue weighted by Gasteiger charge is -2.35. The van der Waals surface area contributed by atoms with E-state index in [0.717, 1.165) is 65.7 Å². The van der Waals surface area contributed by atoms with Gasteiger partial charge >= 0.3 is 0 Å². The Balaban J connectivity index is 1.11. The van der Waals surface area contributed by atoms with Crippen molar-refractivity contribution < 1.29 is 4.79 Å². The summed E-state index contributed by atoms with van der Waals surface area (Å²) >= 11 is 0. The van der Waals surface area contributed by atoms with Crippen molar-refractivity contribution in [2.75, 3.05) is 36.4 Å². The zero-order valence-corrected chi connectivity index (χ0v) is 22.0. The Kier molecular flexibility index (Phi) is 5.85. The predicted molar refractivity (Wildman–Crippen MR) is 155 cm³/mol. The second-order valence-corrected chi connectivity index (χ2v) is 9.84. The number of imidazole rings is 1. The SMILES string of the molecule is CC(=O)N1CCN(c2ccc(Nc3nccc(-c4cnc5ccc(-c6cc7ccccc7[nH]6)cn45)n3)nc2)CC1. The van der Waals surface area contributed by atoms with Crippen molar-refractivity contribution in [3.63, 3.8) is 0 Å². The fraction of sp³-hybridized carbons (Fsp3) is 0.167. The Morgan fingerprint density at radius 2 is 1.80 bits per heavy atom. The molecule has 6 heterocycles. The Hall–Kier alpha value is -5.25.